The van der Waals surface area contributed by atoms with Crippen molar-refractivity contribution in [1.82, 2.24) is 19.8 Å². The van der Waals surface area contributed by atoms with Crippen LogP contribution in [0.1, 0.15) is 34.6 Å². The van der Waals surface area contributed by atoms with Crippen LogP contribution < -0.4 is 0 Å². The summed E-state index contributed by atoms with van der Waals surface area (Å²) >= 11 is 1.53. The fourth-order valence-corrected chi connectivity index (χ4v) is 4.83. The Morgan fingerprint density at radius 2 is 2.15 bits per heavy atom. The number of H-pyrrole nitrogens is 1. The molecule has 2 aliphatic heterocycles. The van der Waals surface area contributed by atoms with Gasteiger partial charge in [0.25, 0.3) is 5.91 Å². The van der Waals surface area contributed by atoms with Gasteiger partial charge in [0, 0.05) is 44.2 Å². The average molecular weight is 374 g/mol. The summed E-state index contributed by atoms with van der Waals surface area (Å²) in [6, 6.07) is 1.86. The van der Waals surface area contributed by atoms with Crippen LogP contribution in [0.2, 0.25) is 0 Å². The van der Waals surface area contributed by atoms with Crippen LogP contribution in [0, 0.1) is 0 Å². The molecule has 0 bridgehead atoms. The summed E-state index contributed by atoms with van der Waals surface area (Å²) in [5, 5.41) is 3.80. The van der Waals surface area contributed by atoms with Gasteiger partial charge in [-0.25, -0.2) is 4.98 Å². The minimum atomic E-state index is -0.450. The monoisotopic (exact) mass is 374 g/mol. The lowest BCUT2D eigenvalue weighted by Crippen LogP contribution is -2.59. The van der Waals surface area contributed by atoms with E-state index in [9.17, 15) is 9.59 Å². The van der Waals surface area contributed by atoms with Gasteiger partial charge in [-0.15, -0.1) is 0 Å². The maximum Gasteiger partial charge on any atom is 0.254 e. The van der Waals surface area contributed by atoms with Gasteiger partial charge in [0.1, 0.15) is 6.61 Å². The highest BCUT2D eigenvalue weighted by molar-refractivity contribution is 7.08. The summed E-state index contributed by atoms with van der Waals surface area (Å²) in [6.45, 7) is 1.93. The number of methoxy groups -OCH3 is 1. The second-order valence-electron chi connectivity index (χ2n) is 6.79. The lowest BCUT2D eigenvalue weighted by Gasteiger charge is -2.50. The second-order valence-corrected chi connectivity index (χ2v) is 7.57. The average Bonchev–Trinajstić information content (AvgIpc) is 3.34. The SMILES string of the molecule is COCC(=O)N1CCc2[nH]cnc2C12CCN(C(=O)c1ccsc1)CC2. The number of aromatic amines is 1. The summed E-state index contributed by atoms with van der Waals surface area (Å²) in [5.74, 6) is 0.0488. The van der Waals surface area contributed by atoms with E-state index in [1.807, 2.05) is 26.6 Å². The molecule has 1 N–H and O–H groups in total. The number of carbonyl (C=O) groups excluding carboxylic acids is 2. The van der Waals surface area contributed by atoms with Gasteiger partial charge in [0.2, 0.25) is 5.91 Å². The van der Waals surface area contributed by atoms with E-state index in [2.05, 4.69) is 9.97 Å². The van der Waals surface area contributed by atoms with Crippen LogP contribution in [0.25, 0.3) is 0 Å². The van der Waals surface area contributed by atoms with Crippen molar-refractivity contribution in [1.29, 1.82) is 0 Å². The number of thiophene rings is 1. The largest absolute Gasteiger partial charge is 0.375 e. The Hall–Kier alpha value is -2.19. The Morgan fingerprint density at radius 1 is 1.35 bits per heavy atom. The van der Waals surface area contributed by atoms with E-state index in [0.717, 1.165) is 23.4 Å². The molecule has 0 atom stereocenters. The minimum absolute atomic E-state index is 0.0150. The normalized spacial score (nSPS) is 18.8. The molecule has 26 heavy (non-hydrogen) atoms. The number of carbonyl (C=O) groups is 2. The molecule has 1 saturated heterocycles. The first-order chi connectivity index (χ1) is 12.7. The van der Waals surface area contributed by atoms with Crippen LogP contribution in [0.15, 0.2) is 23.2 Å². The Balaban J connectivity index is 1.59. The number of amides is 2. The van der Waals surface area contributed by atoms with Gasteiger partial charge < -0.3 is 19.5 Å². The first-order valence-corrected chi connectivity index (χ1v) is 9.73. The number of imidazole rings is 1. The molecule has 7 nitrogen and oxygen atoms in total. The molecule has 0 unspecified atom stereocenters. The van der Waals surface area contributed by atoms with Crippen LogP contribution in [-0.2, 0) is 21.5 Å². The molecule has 8 heteroatoms. The molecule has 1 spiro atoms. The van der Waals surface area contributed by atoms with Gasteiger partial charge in [0.15, 0.2) is 0 Å². The highest BCUT2D eigenvalue weighted by atomic mass is 32.1. The zero-order valence-corrected chi connectivity index (χ0v) is 15.6. The third-order valence-corrected chi connectivity index (χ3v) is 6.16. The fraction of sp³-hybridized carbons (Fsp3) is 0.500. The van der Waals surface area contributed by atoms with Crippen molar-refractivity contribution in [3.8, 4) is 0 Å². The Bertz CT molecular complexity index is 793. The molecular weight excluding hydrogens is 352 g/mol. The molecular formula is C18H22N4O3S. The number of hydrogen-bond donors (Lipinski definition) is 1. The van der Waals surface area contributed by atoms with Crippen molar-refractivity contribution >= 4 is 23.2 Å². The number of nitrogens with one attached hydrogen (secondary N) is 1. The van der Waals surface area contributed by atoms with Gasteiger partial charge in [-0.3, -0.25) is 9.59 Å². The molecule has 4 heterocycles. The number of ether oxygens (including phenoxy) is 1. The quantitative estimate of drug-likeness (QED) is 0.886. The van der Waals surface area contributed by atoms with Crippen LogP contribution in [-0.4, -0.2) is 64.9 Å². The van der Waals surface area contributed by atoms with Crippen molar-refractivity contribution < 1.29 is 14.3 Å². The Labute approximate surface area is 156 Å². The minimum Gasteiger partial charge on any atom is -0.375 e. The fourth-order valence-electron chi connectivity index (χ4n) is 4.20. The standard InChI is InChI=1S/C18H22N4O3S/c1-25-10-15(23)22-6-2-14-16(20-12-19-14)18(22)4-7-21(8-5-18)17(24)13-3-9-26-11-13/h3,9,11-12H,2,4-8,10H2,1H3,(H,19,20). The summed E-state index contributed by atoms with van der Waals surface area (Å²) in [4.78, 5) is 36.9. The van der Waals surface area contributed by atoms with E-state index >= 15 is 0 Å². The van der Waals surface area contributed by atoms with Gasteiger partial charge >= 0.3 is 0 Å². The van der Waals surface area contributed by atoms with Crippen LogP contribution >= 0.6 is 11.3 Å². The van der Waals surface area contributed by atoms with Crippen LogP contribution in [0.5, 0.6) is 0 Å². The summed E-state index contributed by atoms with van der Waals surface area (Å²) in [6.07, 6.45) is 3.86. The van der Waals surface area contributed by atoms with Crippen molar-refractivity contribution in [2.75, 3.05) is 33.4 Å². The number of aromatic nitrogens is 2. The van der Waals surface area contributed by atoms with Gasteiger partial charge in [-0.1, -0.05) is 0 Å². The van der Waals surface area contributed by atoms with Gasteiger partial charge in [0.05, 0.1) is 23.1 Å². The number of likely N-dealkylation sites (tertiary alicyclic amines) is 1. The predicted octanol–water partition coefficient (Wildman–Crippen LogP) is 1.63. The zero-order chi connectivity index (χ0) is 18.1. The molecule has 0 aliphatic carbocycles. The van der Waals surface area contributed by atoms with Crippen molar-refractivity contribution in [3.05, 3.63) is 40.1 Å². The molecule has 0 radical (unpaired) electrons. The predicted molar refractivity (Wildman–Crippen MR) is 97.0 cm³/mol. The maximum atomic E-state index is 12.7. The van der Waals surface area contributed by atoms with Crippen LogP contribution in [0.4, 0.5) is 0 Å². The summed E-state index contributed by atoms with van der Waals surface area (Å²) in [7, 11) is 1.54. The smallest absolute Gasteiger partial charge is 0.254 e. The topological polar surface area (TPSA) is 78.5 Å². The number of hydrogen-bond acceptors (Lipinski definition) is 5. The van der Waals surface area contributed by atoms with Crippen molar-refractivity contribution in [3.63, 3.8) is 0 Å². The summed E-state index contributed by atoms with van der Waals surface area (Å²) in [5.41, 5.74) is 2.34. The molecule has 2 aromatic heterocycles. The van der Waals surface area contributed by atoms with Crippen molar-refractivity contribution in [2.24, 2.45) is 0 Å². The molecule has 4 rings (SSSR count). The number of fused-ring (bicyclic) bond motifs is 2. The molecule has 138 valence electrons. The lowest BCUT2D eigenvalue weighted by atomic mass is 9.78. The highest BCUT2D eigenvalue weighted by Crippen LogP contribution is 2.42. The molecule has 0 aromatic carbocycles. The lowest BCUT2D eigenvalue weighted by molar-refractivity contribution is -0.145. The van der Waals surface area contributed by atoms with E-state index in [-0.39, 0.29) is 18.4 Å². The van der Waals surface area contributed by atoms with Crippen molar-refractivity contribution in [2.45, 2.75) is 24.8 Å². The van der Waals surface area contributed by atoms with E-state index in [1.165, 1.54) is 18.4 Å². The van der Waals surface area contributed by atoms with E-state index < -0.39 is 5.54 Å². The molecule has 2 aliphatic rings. The molecule has 2 aromatic rings. The van der Waals surface area contributed by atoms with Crippen LogP contribution in [0.3, 0.4) is 0 Å². The van der Waals surface area contributed by atoms with E-state index in [4.69, 9.17) is 4.74 Å². The third kappa shape index (κ3) is 2.73. The molecule has 0 saturated carbocycles. The highest BCUT2D eigenvalue weighted by Gasteiger charge is 2.49. The summed E-state index contributed by atoms with van der Waals surface area (Å²) < 4.78 is 5.09. The molecule has 1 fully saturated rings. The Kier molecular flexibility index (Phi) is 4.54. The first kappa shape index (κ1) is 17.2. The van der Waals surface area contributed by atoms with Gasteiger partial charge in [-0.05, 0) is 24.3 Å². The van der Waals surface area contributed by atoms with E-state index in [1.54, 1.807) is 6.33 Å². The molecule has 2 amide bonds. The second kappa shape index (κ2) is 6.85. The maximum absolute atomic E-state index is 12.7. The zero-order valence-electron chi connectivity index (χ0n) is 14.7. The third-order valence-electron chi connectivity index (χ3n) is 5.48. The number of nitrogens with zero attached hydrogens (tertiary/aromatic N) is 3. The first-order valence-electron chi connectivity index (χ1n) is 8.79. The van der Waals surface area contributed by atoms with Gasteiger partial charge in [-0.2, -0.15) is 11.3 Å². The number of rotatable bonds is 3. The Morgan fingerprint density at radius 3 is 2.85 bits per heavy atom. The van der Waals surface area contributed by atoms with E-state index in [0.29, 0.717) is 32.5 Å². The number of piperidine rings is 1.